The van der Waals surface area contributed by atoms with E-state index in [1.807, 2.05) is 30.1 Å². The van der Waals surface area contributed by atoms with Crippen molar-refractivity contribution in [1.82, 2.24) is 15.5 Å². The number of hydrogen-bond donors (Lipinski definition) is 1. The predicted octanol–water partition coefficient (Wildman–Crippen LogP) is 3.35. The molecule has 0 atom stereocenters. The molecule has 0 spiro atoms. The number of carbonyl (C=O) groups is 1. The lowest BCUT2D eigenvalue weighted by molar-refractivity contribution is -0.159. The predicted molar refractivity (Wildman–Crippen MR) is 103 cm³/mol. The summed E-state index contributed by atoms with van der Waals surface area (Å²) in [6, 6.07) is 11.5. The molecular formula is C20H17F3N4O4. The molecule has 31 heavy (non-hydrogen) atoms. The summed E-state index contributed by atoms with van der Waals surface area (Å²) in [4.78, 5) is 17.7. The van der Waals surface area contributed by atoms with Crippen molar-refractivity contribution in [1.29, 1.82) is 0 Å². The van der Waals surface area contributed by atoms with Crippen LogP contribution in [0.15, 0.2) is 47.0 Å². The molecule has 1 aromatic heterocycles. The summed E-state index contributed by atoms with van der Waals surface area (Å²) in [5, 5.41) is 6.11. The van der Waals surface area contributed by atoms with Crippen molar-refractivity contribution in [3.05, 3.63) is 53.9 Å². The zero-order chi connectivity index (χ0) is 22.0. The molecule has 1 amide bonds. The van der Waals surface area contributed by atoms with Crippen molar-refractivity contribution in [3.63, 3.8) is 0 Å². The van der Waals surface area contributed by atoms with Gasteiger partial charge in [-0.25, -0.2) is 0 Å². The van der Waals surface area contributed by atoms with Gasteiger partial charge in [0, 0.05) is 43.0 Å². The maximum Gasteiger partial charge on any atom is 0.471 e. The Bertz CT molecular complexity index is 1100. The topological polar surface area (TPSA) is 89.7 Å². The van der Waals surface area contributed by atoms with Crippen LogP contribution in [0, 0.1) is 0 Å². The van der Waals surface area contributed by atoms with Gasteiger partial charge < -0.3 is 24.2 Å². The summed E-state index contributed by atoms with van der Waals surface area (Å²) >= 11 is 0. The minimum Gasteiger partial charge on any atom is -0.454 e. The first kappa shape index (κ1) is 20.5. The van der Waals surface area contributed by atoms with Gasteiger partial charge in [0.15, 0.2) is 11.5 Å². The summed E-state index contributed by atoms with van der Waals surface area (Å²) < 4.78 is 52.8. The van der Waals surface area contributed by atoms with E-state index in [9.17, 15) is 18.0 Å². The molecule has 1 aliphatic heterocycles. The van der Waals surface area contributed by atoms with E-state index in [0.29, 0.717) is 24.6 Å². The molecule has 3 aromatic rings. The Morgan fingerprint density at radius 1 is 1.16 bits per heavy atom. The number of carbonyl (C=O) groups excluding carboxylic acids is 1. The van der Waals surface area contributed by atoms with Gasteiger partial charge in [-0.3, -0.25) is 4.79 Å². The fourth-order valence-electron chi connectivity index (χ4n) is 2.95. The van der Waals surface area contributed by atoms with Gasteiger partial charge in [0.2, 0.25) is 12.6 Å². The monoisotopic (exact) mass is 434 g/mol. The molecule has 1 aliphatic rings. The van der Waals surface area contributed by atoms with E-state index in [2.05, 4.69) is 20.0 Å². The van der Waals surface area contributed by atoms with E-state index in [1.54, 1.807) is 6.07 Å². The van der Waals surface area contributed by atoms with Crippen molar-refractivity contribution in [3.8, 4) is 22.9 Å². The van der Waals surface area contributed by atoms with Crippen molar-refractivity contribution in [2.45, 2.75) is 6.18 Å². The van der Waals surface area contributed by atoms with E-state index in [0.717, 1.165) is 5.69 Å². The fourth-order valence-corrected chi connectivity index (χ4v) is 2.95. The van der Waals surface area contributed by atoms with Gasteiger partial charge in [0.1, 0.15) is 0 Å². The van der Waals surface area contributed by atoms with Gasteiger partial charge in [-0.2, -0.15) is 18.2 Å². The largest absolute Gasteiger partial charge is 0.471 e. The Morgan fingerprint density at radius 2 is 1.97 bits per heavy atom. The molecule has 0 fully saturated rings. The van der Waals surface area contributed by atoms with E-state index in [-0.39, 0.29) is 29.7 Å². The summed E-state index contributed by atoms with van der Waals surface area (Å²) in [5.74, 6) is -0.705. The second kappa shape index (κ2) is 8.17. The second-order valence-corrected chi connectivity index (χ2v) is 6.72. The number of hydrogen-bond acceptors (Lipinski definition) is 7. The van der Waals surface area contributed by atoms with Crippen LogP contribution in [0.2, 0.25) is 0 Å². The fraction of sp³-hybridized carbons (Fsp3) is 0.250. The second-order valence-electron chi connectivity index (χ2n) is 6.72. The number of likely N-dealkylation sites (N-methyl/N-ethyl adjacent to an activating group) is 1. The van der Waals surface area contributed by atoms with Crippen LogP contribution in [0.1, 0.15) is 16.2 Å². The van der Waals surface area contributed by atoms with Gasteiger partial charge in [-0.15, -0.1) is 0 Å². The molecule has 0 unspecified atom stereocenters. The third-order valence-corrected chi connectivity index (χ3v) is 4.58. The third kappa shape index (κ3) is 4.55. The quantitative estimate of drug-likeness (QED) is 0.636. The van der Waals surface area contributed by atoms with Crippen LogP contribution in [-0.4, -0.2) is 43.0 Å². The molecule has 2 heterocycles. The van der Waals surface area contributed by atoms with Crippen LogP contribution >= 0.6 is 0 Å². The average molecular weight is 434 g/mol. The summed E-state index contributed by atoms with van der Waals surface area (Å²) in [6.45, 7) is 1.05. The van der Waals surface area contributed by atoms with E-state index < -0.39 is 12.1 Å². The molecule has 0 bridgehead atoms. The summed E-state index contributed by atoms with van der Waals surface area (Å²) in [6.07, 6.45) is -4.73. The standard InChI is InChI=1S/C20H17F3N4O4/c1-27(14-5-6-15-16(10-14)30-11-29-15)8-7-24-18(28)13-4-2-3-12(9-13)17-25-19(31-26-17)20(21,22)23/h2-6,9-10H,7-8,11H2,1H3,(H,24,28). The molecule has 8 nitrogen and oxygen atoms in total. The number of amides is 1. The number of ether oxygens (including phenoxy) is 2. The van der Waals surface area contributed by atoms with Gasteiger partial charge in [0.25, 0.3) is 5.91 Å². The summed E-state index contributed by atoms with van der Waals surface area (Å²) in [7, 11) is 1.87. The highest BCUT2D eigenvalue weighted by atomic mass is 19.4. The van der Waals surface area contributed by atoms with Crippen LogP contribution < -0.4 is 19.7 Å². The van der Waals surface area contributed by atoms with Crippen molar-refractivity contribution in [2.24, 2.45) is 0 Å². The molecule has 0 saturated carbocycles. The number of aromatic nitrogens is 2. The Kier molecular flexibility index (Phi) is 5.40. The Balaban J connectivity index is 1.36. The number of benzene rings is 2. The van der Waals surface area contributed by atoms with Crippen LogP contribution in [0.4, 0.5) is 18.9 Å². The van der Waals surface area contributed by atoms with Gasteiger partial charge in [0.05, 0.1) is 0 Å². The lowest BCUT2D eigenvalue weighted by atomic mass is 10.1. The number of rotatable bonds is 6. The van der Waals surface area contributed by atoms with Gasteiger partial charge >= 0.3 is 12.1 Å². The number of alkyl halides is 3. The highest BCUT2D eigenvalue weighted by Gasteiger charge is 2.38. The van der Waals surface area contributed by atoms with Gasteiger partial charge in [-0.05, 0) is 24.3 Å². The van der Waals surface area contributed by atoms with E-state index in [1.165, 1.54) is 18.2 Å². The van der Waals surface area contributed by atoms with Gasteiger partial charge in [-0.1, -0.05) is 17.3 Å². The maximum absolute atomic E-state index is 12.6. The molecule has 4 rings (SSSR count). The number of halogens is 3. The third-order valence-electron chi connectivity index (χ3n) is 4.58. The first-order valence-corrected chi connectivity index (χ1v) is 9.21. The van der Waals surface area contributed by atoms with Crippen LogP contribution in [0.3, 0.4) is 0 Å². The van der Waals surface area contributed by atoms with Crippen LogP contribution in [0.5, 0.6) is 11.5 Å². The summed E-state index contributed by atoms with van der Waals surface area (Å²) in [5.41, 5.74) is 1.41. The molecule has 2 aromatic carbocycles. The van der Waals surface area contributed by atoms with Crippen LogP contribution in [-0.2, 0) is 6.18 Å². The molecule has 11 heteroatoms. The van der Waals surface area contributed by atoms with Crippen molar-refractivity contribution in [2.75, 3.05) is 31.8 Å². The molecule has 0 radical (unpaired) electrons. The lowest BCUT2D eigenvalue weighted by Crippen LogP contribution is -2.33. The molecule has 1 N–H and O–H groups in total. The molecule has 162 valence electrons. The zero-order valence-corrected chi connectivity index (χ0v) is 16.3. The van der Waals surface area contributed by atoms with Crippen molar-refractivity contribution >= 4 is 11.6 Å². The maximum atomic E-state index is 12.6. The highest BCUT2D eigenvalue weighted by molar-refractivity contribution is 5.95. The number of nitrogens with zero attached hydrogens (tertiary/aromatic N) is 3. The van der Waals surface area contributed by atoms with Crippen molar-refractivity contribution < 1.29 is 32.0 Å². The smallest absolute Gasteiger partial charge is 0.454 e. The molecular weight excluding hydrogens is 417 g/mol. The first-order valence-electron chi connectivity index (χ1n) is 9.21. The van der Waals surface area contributed by atoms with E-state index in [4.69, 9.17) is 9.47 Å². The molecule has 0 aliphatic carbocycles. The zero-order valence-electron chi connectivity index (χ0n) is 16.3. The number of anilines is 1. The highest BCUT2D eigenvalue weighted by Crippen LogP contribution is 2.35. The average Bonchev–Trinajstić information content (AvgIpc) is 3.42. The SMILES string of the molecule is CN(CCNC(=O)c1cccc(-c2noc(C(F)(F)F)n2)c1)c1ccc2c(c1)OCO2. The van der Waals surface area contributed by atoms with E-state index >= 15 is 0 Å². The minimum absolute atomic E-state index is 0.193. The van der Waals surface area contributed by atoms with Crippen LogP contribution in [0.25, 0.3) is 11.4 Å². The normalized spacial score (nSPS) is 12.6. The minimum atomic E-state index is -4.73. The lowest BCUT2D eigenvalue weighted by Gasteiger charge is -2.19. The number of nitrogens with one attached hydrogen (secondary N) is 1. The molecule has 0 saturated heterocycles. The Hall–Kier alpha value is -3.76. The Labute approximate surface area is 174 Å². The Morgan fingerprint density at radius 3 is 2.74 bits per heavy atom. The number of fused-ring (bicyclic) bond motifs is 1. The first-order chi connectivity index (χ1) is 14.8.